The van der Waals surface area contributed by atoms with Crippen LogP contribution in [0.5, 0.6) is 0 Å². The van der Waals surface area contributed by atoms with Crippen molar-refractivity contribution in [2.45, 2.75) is 20.3 Å². The van der Waals surface area contributed by atoms with Gasteiger partial charge in [-0.15, -0.1) is 0 Å². The molecule has 0 saturated carbocycles. The molecule has 1 heterocycles. The first-order valence-electron chi connectivity index (χ1n) is 4.97. The number of allylic oxidation sites excluding steroid dienone is 1. The number of hydrogen-bond donors (Lipinski definition) is 0. The van der Waals surface area contributed by atoms with Crippen LogP contribution in [-0.2, 0) is 7.05 Å². The van der Waals surface area contributed by atoms with Gasteiger partial charge < -0.3 is 4.57 Å². The maximum Gasteiger partial charge on any atom is 0.248 e. The Morgan fingerprint density at radius 3 is 2.73 bits per heavy atom. The third-order valence-electron chi connectivity index (χ3n) is 2.15. The molecule has 0 fully saturated rings. The predicted molar refractivity (Wildman–Crippen MR) is 59.8 cm³/mol. The summed E-state index contributed by atoms with van der Waals surface area (Å²) in [5, 5.41) is 10.8. The first-order chi connectivity index (χ1) is 7.00. The molecule has 82 valence electrons. The summed E-state index contributed by atoms with van der Waals surface area (Å²) < 4.78 is 1.86. The third-order valence-corrected chi connectivity index (χ3v) is 2.15. The molecule has 0 aliphatic carbocycles. The average molecular weight is 208 g/mol. The van der Waals surface area contributed by atoms with E-state index in [1.807, 2.05) is 43.8 Å². The molecule has 0 aliphatic heterocycles. The number of hydrogen-bond acceptors (Lipinski definition) is 2. The Labute approximate surface area is 89.4 Å². The Kier molecular flexibility index (Phi) is 3.66. The number of nitro groups is 1. The van der Waals surface area contributed by atoms with Crippen molar-refractivity contribution < 1.29 is 4.92 Å². The van der Waals surface area contributed by atoms with Gasteiger partial charge in [-0.2, -0.15) is 0 Å². The average Bonchev–Trinajstić information content (AvgIpc) is 2.50. The molecule has 0 N–H and O–H groups in total. The number of nitrogens with zero attached hydrogens (tertiary/aromatic N) is 2. The van der Waals surface area contributed by atoms with Crippen molar-refractivity contribution in [2.24, 2.45) is 13.0 Å². The minimum Gasteiger partial charge on any atom is -0.351 e. The highest BCUT2D eigenvalue weighted by Gasteiger charge is 2.13. The molecular weight excluding hydrogens is 192 g/mol. The molecule has 1 aromatic heterocycles. The summed E-state index contributed by atoms with van der Waals surface area (Å²) >= 11 is 0. The van der Waals surface area contributed by atoms with Crippen LogP contribution in [0.2, 0.25) is 0 Å². The van der Waals surface area contributed by atoms with Crippen LogP contribution in [0.15, 0.2) is 24.0 Å². The smallest absolute Gasteiger partial charge is 0.248 e. The van der Waals surface area contributed by atoms with Crippen LogP contribution in [0.1, 0.15) is 26.0 Å². The van der Waals surface area contributed by atoms with E-state index in [9.17, 15) is 10.1 Å². The molecule has 15 heavy (non-hydrogen) atoms. The standard InChI is InChI=1S/C11H16N2O2/c1-9(2)7-11(13(14)15)8-10-5-4-6-12(10)3/h4-6,8-9H,7H2,1-3H3. The Balaban J connectivity index is 2.94. The summed E-state index contributed by atoms with van der Waals surface area (Å²) in [4.78, 5) is 10.5. The molecule has 0 spiro atoms. The van der Waals surface area contributed by atoms with Crippen LogP contribution >= 0.6 is 0 Å². The lowest BCUT2D eigenvalue weighted by atomic mass is 10.1. The van der Waals surface area contributed by atoms with Crippen LogP contribution in [0, 0.1) is 16.0 Å². The van der Waals surface area contributed by atoms with Crippen molar-refractivity contribution in [1.82, 2.24) is 4.57 Å². The normalized spacial score (nSPS) is 12.1. The Morgan fingerprint density at radius 2 is 2.33 bits per heavy atom. The zero-order chi connectivity index (χ0) is 11.4. The molecule has 0 saturated heterocycles. The number of rotatable bonds is 4. The summed E-state index contributed by atoms with van der Waals surface area (Å²) in [6, 6.07) is 3.74. The van der Waals surface area contributed by atoms with Crippen LogP contribution in [0.4, 0.5) is 0 Å². The highest BCUT2D eigenvalue weighted by atomic mass is 16.6. The van der Waals surface area contributed by atoms with Gasteiger partial charge in [-0.3, -0.25) is 10.1 Å². The van der Waals surface area contributed by atoms with E-state index < -0.39 is 0 Å². The highest BCUT2D eigenvalue weighted by Crippen LogP contribution is 2.15. The largest absolute Gasteiger partial charge is 0.351 e. The minimum absolute atomic E-state index is 0.270. The zero-order valence-electron chi connectivity index (χ0n) is 9.30. The van der Waals surface area contributed by atoms with Gasteiger partial charge in [-0.05, 0) is 18.1 Å². The fourth-order valence-electron chi connectivity index (χ4n) is 1.40. The van der Waals surface area contributed by atoms with Crippen molar-refractivity contribution in [3.05, 3.63) is 39.8 Å². The molecule has 0 aromatic carbocycles. The van der Waals surface area contributed by atoms with E-state index in [0.717, 1.165) is 5.69 Å². The molecule has 0 radical (unpaired) electrons. The second-order valence-electron chi connectivity index (χ2n) is 4.03. The van der Waals surface area contributed by atoms with Crippen LogP contribution in [0.25, 0.3) is 6.08 Å². The second kappa shape index (κ2) is 4.77. The first kappa shape index (κ1) is 11.5. The summed E-state index contributed by atoms with van der Waals surface area (Å²) in [6.07, 6.45) is 4.01. The van der Waals surface area contributed by atoms with Crippen LogP contribution in [0.3, 0.4) is 0 Å². The quantitative estimate of drug-likeness (QED) is 0.564. The Morgan fingerprint density at radius 1 is 1.67 bits per heavy atom. The van der Waals surface area contributed by atoms with Crippen molar-refractivity contribution in [3.63, 3.8) is 0 Å². The molecule has 4 nitrogen and oxygen atoms in total. The molecule has 4 heteroatoms. The van der Waals surface area contributed by atoms with Gasteiger partial charge in [0.2, 0.25) is 5.70 Å². The minimum atomic E-state index is -0.299. The van der Waals surface area contributed by atoms with Crippen molar-refractivity contribution >= 4 is 6.08 Å². The molecule has 1 rings (SSSR count). The van der Waals surface area contributed by atoms with Gasteiger partial charge in [-0.1, -0.05) is 13.8 Å². The summed E-state index contributed by atoms with van der Waals surface area (Å²) in [5.74, 6) is 0.293. The van der Waals surface area contributed by atoms with Gasteiger partial charge in [0.15, 0.2) is 0 Å². The van der Waals surface area contributed by atoms with E-state index in [-0.39, 0.29) is 10.6 Å². The van der Waals surface area contributed by atoms with E-state index in [2.05, 4.69) is 0 Å². The second-order valence-corrected chi connectivity index (χ2v) is 4.03. The van der Waals surface area contributed by atoms with Crippen molar-refractivity contribution in [2.75, 3.05) is 0 Å². The maximum absolute atomic E-state index is 10.8. The van der Waals surface area contributed by atoms with Crippen molar-refractivity contribution in [1.29, 1.82) is 0 Å². The Hall–Kier alpha value is -1.58. The van der Waals surface area contributed by atoms with Crippen molar-refractivity contribution in [3.8, 4) is 0 Å². The zero-order valence-corrected chi connectivity index (χ0v) is 9.30. The highest BCUT2D eigenvalue weighted by molar-refractivity contribution is 5.47. The molecule has 0 amide bonds. The summed E-state index contributed by atoms with van der Waals surface area (Å²) in [7, 11) is 1.87. The van der Waals surface area contributed by atoms with Gasteiger partial charge in [0.1, 0.15) is 0 Å². The molecular formula is C11H16N2O2. The fraction of sp³-hybridized carbons (Fsp3) is 0.455. The molecule has 1 aromatic rings. The fourth-order valence-corrected chi connectivity index (χ4v) is 1.40. The van der Waals surface area contributed by atoms with E-state index in [4.69, 9.17) is 0 Å². The lowest BCUT2D eigenvalue weighted by Crippen LogP contribution is -2.03. The SMILES string of the molecule is CC(C)CC(=Cc1cccn1C)[N+](=O)[O-]. The van der Waals surface area contributed by atoms with E-state index >= 15 is 0 Å². The maximum atomic E-state index is 10.8. The first-order valence-corrected chi connectivity index (χ1v) is 4.97. The topological polar surface area (TPSA) is 48.1 Å². The Bertz CT molecular complexity index is 378. The molecule has 0 aliphatic rings. The molecule has 0 atom stereocenters. The summed E-state index contributed by atoms with van der Waals surface area (Å²) in [6.45, 7) is 3.95. The van der Waals surface area contributed by atoms with E-state index in [1.165, 1.54) is 0 Å². The third kappa shape index (κ3) is 3.23. The van der Waals surface area contributed by atoms with E-state index in [0.29, 0.717) is 12.3 Å². The summed E-state index contributed by atoms with van der Waals surface area (Å²) in [5.41, 5.74) is 1.13. The molecule has 0 bridgehead atoms. The lowest BCUT2D eigenvalue weighted by molar-refractivity contribution is -0.427. The van der Waals surface area contributed by atoms with Gasteiger partial charge in [0.25, 0.3) is 0 Å². The van der Waals surface area contributed by atoms with Gasteiger partial charge >= 0.3 is 0 Å². The number of aromatic nitrogens is 1. The van der Waals surface area contributed by atoms with Gasteiger partial charge in [-0.25, -0.2) is 0 Å². The number of aryl methyl sites for hydroxylation is 1. The predicted octanol–water partition coefficient (Wildman–Crippen LogP) is 2.69. The van der Waals surface area contributed by atoms with Crippen LogP contribution in [-0.4, -0.2) is 9.49 Å². The van der Waals surface area contributed by atoms with Gasteiger partial charge in [0.05, 0.1) is 4.92 Å². The lowest BCUT2D eigenvalue weighted by Gasteiger charge is -2.02. The van der Waals surface area contributed by atoms with Gasteiger partial charge in [0, 0.05) is 31.4 Å². The van der Waals surface area contributed by atoms with Crippen LogP contribution < -0.4 is 0 Å². The van der Waals surface area contributed by atoms with E-state index in [1.54, 1.807) is 6.08 Å². The monoisotopic (exact) mass is 208 g/mol. The molecule has 0 unspecified atom stereocenters.